The Labute approximate surface area is 152 Å². The first-order chi connectivity index (χ1) is 12.5. The van der Waals surface area contributed by atoms with Gasteiger partial charge in [0.2, 0.25) is 11.9 Å². The van der Waals surface area contributed by atoms with Gasteiger partial charge in [-0.25, -0.2) is 15.0 Å². The highest BCUT2D eigenvalue weighted by atomic mass is 35.5. The van der Waals surface area contributed by atoms with Gasteiger partial charge in [0.25, 0.3) is 0 Å². The van der Waals surface area contributed by atoms with Crippen LogP contribution in [0.15, 0.2) is 24.5 Å². The number of nitrogens with one attached hydrogen (secondary N) is 1. The predicted molar refractivity (Wildman–Crippen MR) is 93.8 cm³/mol. The second kappa shape index (κ2) is 6.53. The van der Waals surface area contributed by atoms with Crippen LogP contribution in [-0.2, 0) is 24.2 Å². The molecule has 134 valence electrons. The van der Waals surface area contributed by atoms with Crippen LogP contribution >= 0.6 is 11.6 Å². The van der Waals surface area contributed by atoms with Crippen LogP contribution < -0.4 is 5.32 Å². The molecule has 1 aliphatic carbocycles. The van der Waals surface area contributed by atoms with Crippen molar-refractivity contribution in [3.63, 3.8) is 0 Å². The highest BCUT2D eigenvalue weighted by Gasteiger charge is 2.27. The summed E-state index contributed by atoms with van der Waals surface area (Å²) in [6.07, 6.45) is 5.05. The number of aliphatic carboxylic acids is 1. The second-order valence-corrected chi connectivity index (χ2v) is 6.65. The van der Waals surface area contributed by atoms with Crippen LogP contribution in [0.1, 0.15) is 17.7 Å². The molecule has 0 radical (unpaired) electrons. The minimum atomic E-state index is -0.941. The fraction of sp³-hybridized carbons (Fsp3) is 0.294. The average Bonchev–Trinajstić information content (AvgIpc) is 2.89. The summed E-state index contributed by atoms with van der Waals surface area (Å²) in [5.41, 5.74) is 2.93. The molecule has 0 unspecified atom stereocenters. The molecule has 0 saturated heterocycles. The van der Waals surface area contributed by atoms with Gasteiger partial charge in [0, 0.05) is 17.3 Å². The Kier molecular flexibility index (Phi) is 4.20. The first-order valence-corrected chi connectivity index (χ1v) is 8.51. The van der Waals surface area contributed by atoms with Crippen molar-refractivity contribution in [3.8, 4) is 0 Å². The summed E-state index contributed by atoms with van der Waals surface area (Å²) in [7, 11) is 0. The molecule has 3 aromatic heterocycles. The minimum absolute atomic E-state index is 0.0395. The van der Waals surface area contributed by atoms with Crippen molar-refractivity contribution in [3.05, 3.63) is 46.8 Å². The van der Waals surface area contributed by atoms with Gasteiger partial charge in [-0.05, 0) is 31.4 Å². The van der Waals surface area contributed by atoms with E-state index in [0.29, 0.717) is 34.8 Å². The fourth-order valence-electron chi connectivity index (χ4n) is 3.48. The number of carboxylic acids is 1. The molecule has 26 heavy (non-hydrogen) atoms. The van der Waals surface area contributed by atoms with E-state index in [1.807, 2.05) is 0 Å². The lowest BCUT2D eigenvalue weighted by Crippen LogP contribution is -2.29. The van der Waals surface area contributed by atoms with Crippen LogP contribution in [0.2, 0.25) is 5.02 Å². The Morgan fingerprint density at radius 3 is 2.88 bits per heavy atom. The number of anilines is 1. The fourth-order valence-corrected chi connectivity index (χ4v) is 3.58. The molecule has 9 heteroatoms. The zero-order chi connectivity index (χ0) is 18.3. The minimum Gasteiger partial charge on any atom is -0.480 e. The Hall–Kier alpha value is -2.74. The molecule has 3 heterocycles. The zero-order valence-corrected chi connectivity index (χ0v) is 14.4. The average molecular weight is 376 g/mol. The van der Waals surface area contributed by atoms with Crippen LogP contribution in [-0.4, -0.2) is 36.6 Å². The number of carboxylic acid groups (broad SMARTS) is 1. The third-order valence-corrected chi connectivity index (χ3v) is 4.71. The molecular formula is C17H15ClFN5O2. The van der Waals surface area contributed by atoms with Gasteiger partial charge in [-0.3, -0.25) is 4.79 Å². The summed E-state index contributed by atoms with van der Waals surface area (Å²) in [5, 5.41) is 12.9. The second-order valence-electron chi connectivity index (χ2n) is 6.22. The third kappa shape index (κ3) is 3.08. The van der Waals surface area contributed by atoms with E-state index in [4.69, 9.17) is 11.6 Å². The maximum absolute atomic E-state index is 13.7. The SMILES string of the molecule is O=C(O)Cn1c2c(c3nc(F)ccc31)C[C@@H](Nc1ncc(Cl)cn1)CC2. The lowest BCUT2D eigenvalue weighted by molar-refractivity contribution is -0.137. The monoisotopic (exact) mass is 375 g/mol. The van der Waals surface area contributed by atoms with E-state index in [9.17, 15) is 14.3 Å². The maximum Gasteiger partial charge on any atom is 0.323 e. The van der Waals surface area contributed by atoms with Crippen molar-refractivity contribution >= 4 is 34.6 Å². The molecular weight excluding hydrogens is 361 g/mol. The van der Waals surface area contributed by atoms with Gasteiger partial charge in [0.15, 0.2) is 0 Å². The Morgan fingerprint density at radius 1 is 1.38 bits per heavy atom. The van der Waals surface area contributed by atoms with Gasteiger partial charge in [0.05, 0.1) is 28.4 Å². The molecule has 1 aliphatic rings. The normalized spacial score (nSPS) is 16.5. The first kappa shape index (κ1) is 16.7. The van der Waals surface area contributed by atoms with Gasteiger partial charge in [-0.2, -0.15) is 4.39 Å². The number of pyridine rings is 1. The van der Waals surface area contributed by atoms with E-state index in [1.54, 1.807) is 10.6 Å². The van der Waals surface area contributed by atoms with Crippen LogP contribution in [0, 0.1) is 5.95 Å². The standard InChI is InChI=1S/C17H15ClFN5O2/c18-9-6-20-17(21-7-9)22-10-1-2-12-11(5-10)16-13(3-4-14(19)23-16)24(12)8-15(25)26/h3-4,6-7,10H,1-2,5,8H2,(H,25,26)(H,20,21,22)/t10-/m0/s1. The molecule has 0 bridgehead atoms. The number of hydrogen-bond donors (Lipinski definition) is 2. The number of aromatic nitrogens is 4. The van der Waals surface area contributed by atoms with E-state index in [1.165, 1.54) is 18.5 Å². The first-order valence-electron chi connectivity index (χ1n) is 8.13. The number of rotatable bonds is 4. The molecule has 7 nitrogen and oxygen atoms in total. The van der Waals surface area contributed by atoms with Crippen molar-refractivity contribution in [2.75, 3.05) is 5.32 Å². The van der Waals surface area contributed by atoms with Gasteiger partial charge >= 0.3 is 5.97 Å². The molecule has 0 amide bonds. The summed E-state index contributed by atoms with van der Waals surface area (Å²) in [6.45, 7) is -0.169. The molecule has 0 aliphatic heterocycles. The Balaban J connectivity index is 1.69. The van der Waals surface area contributed by atoms with Crippen LogP contribution in [0.4, 0.5) is 10.3 Å². The summed E-state index contributed by atoms with van der Waals surface area (Å²) in [6, 6.07) is 2.88. The van der Waals surface area contributed by atoms with Crippen molar-refractivity contribution in [2.24, 2.45) is 0 Å². The largest absolute Gasteiger partial charge is 0.480 e. The van der Waals surface area contributed by atoms with Gasteiger partial charge in [-0.15, -0.1) is 0 Å². The predicted octanol–water partition coefficient (Wildman–Crippen LogP) is 2.67. The lowest BCUT2D eigenvalue weighted by Gasteiger charge is -2.24. The number of halogens is 2. The van der Waals surface area contributed by atoms with Gasteiger partial charge in [0.1, 0.15) is 6.54 Å². The highest BCUT2D eigenvalue weighted by Crippen LogP contribution is 2.32. The smallest absolute Gasteiger partial charge is 0.323 e. The number of fused-ring (bicyclic) bond motifs is 3. The molecule has 2 N–H and O–H groups in total. The summed E-state index contributed by atoms with van der Waals surface area (Å²) < 4.78 is 15.4. The molecule has 0 aromatic carbocycles. The molecule has 0 spiro atoms. The number of carbonyl (C=O) groups is 1. The van der Waals surface area contributed by atoms with Crippen molar-refractivity contribution in [1.29, 1.82) is 0 Å². The van der Waals surface area contributed by atoms with E-state index < -0.39 is 11.9 Å². The van der Waals surface area contributed by atoms with Crippen LogP contribution in [0.3, 0.4) is 0 Å². The highest BCUT2D eigenvalue weighted by molar-refractivity contribution is 6.30. The van der Waals surface area contributed by atoms with E-state index >= 15 is 0 Å². The maximum atomic E-state index is 13.7. The van der Waals surface area contributed by atoms with E-state index in [0.717, 1.165) is 17.7 Å². The van der Waals surface area contributed by atoms with Crippen molar-refractivity contribution < 1.29 is 14.3 Å². The quantitative estimate of drug-likeness (QED) is 0.681. The molecule has 1 atom stereocenters. The third-order valence-electron chi connectivity index (χ3n) is 4.52. The molecule has 3 aromatic rings. The van der Waals surface area contributed by atoms with Crippen LogP contribution in [0.5, 0.6) is 0 Å². The number of nitrogens with zero attached hydrogens (tertiary/aromatic N) is 4. The van der Waals surface area contributed by atoms with Crippen LogP contribution in [0.25, 0.3) is 11.0 Å². The lowest BCUT2D eigenvalue weighted by atomic mass is 9.92. The van der Waals surface area contributed by atoms with E-state index in [-0.39, 0.29) is 12.6 Å². The molecule has 0 fully saturated rings. The van der Waals surface area contributed by atoms with Gasteiger partial charge < -0.3 is 15.0 Å². The summed E-state index contributed by atoms with van der Waals surface area (Å²) in [5.74, 6) is -1.05. The molecule has 0 saturated carbocycles. The van der Waals surface area contributed by atoms with Gasteiger partial charge in [-0.1, -0.05) is 11.6 Å². The summed E-state index contributed by atoms with van der Waals surface area (Å²) >= 11 is 5.80. The molecule has 4 rings (SSSR count). The Bertz CT molecular complexity index is 989. The Morgan fingerprint density at radius 2 is 2.15 bits per heavy atom. The van der Waals surface area contributed by atoms with Crippen molar-refractivity contribution in [1.82, 2.24) is 19.5 Å². The topological polar surface area (TPSA) is 92.9 Å². The summed E-state index contributed by atoms with van der Waals surface area (Å²) in [4.78, 5) is 23.5. The number of hydrogen-bond acceptors (Lipinski definition) is 5. The zero-order valence-electron chi connectivity index (χ0n) is 13.6. The van der Waals surface area contributed by atoms with Crippen molar-refractivity contribution in [2.45, 2.75) is 31.8 Å². The van der Waals surface area contributed by atoms with E-state index in [2.05, 4.69) is 20.3 Å².